The summed E-state index contributed by atoms with van der Waals surface area (Å²) in [5.41, 5.74) is 1.48. The van der Waals surface area contributed by atoms with Gasteiger partial charge in [-0.15, -0.1) is 0 Å². The largest absolute Gasteiger partial charge is 0.373 e. The Balaban J connectivity index is 1.71. The molecule has 3 rings (SSSR count). The van der Waals surface area contributed by atoms with Crippen molar-refractivity contribution < 1.29 is 14.3 Å². The van der Waals surface area contributed by atoms with Crippen molar-refractivity contribution in [2.45, 2.75) is 51.9 Å². The Morgan fingerprint density at radius 3 is 2.56 bits per heavy atom. The molecule has 0 bridgehead atoms. The molecule has 2 fully saturated rings. The zero-order chi connectivity index (χ0) is 18.0. The first-order chi connectivity index (χ1) is 12.0. The second kappa shape index (κ2) is 7.54. The molecule has 0 aliphatic carbocycles. The zero-order valence-corrected chi connectivity index (χ0v) is 15.2. The summed E-state index contributed by atoms with van der Waals surface area (Å²) in [6.07, 6.45) is 1.67. The highest BCUT2D eigenvalue weighted by Gasteiger charge is 2.30. The van der Waals surface area contributed by atoms with Crippen LogP contribution in [0.4, 0.5) is 11.4 Å². The number of amides is 2. The van der Waals surface area contributed by atoms with E-state index in [0.717, 1.165) is 25.2 Å². The maximum atomic E-state index is 12.8. The molecule has 1 N–H and O–H groups in total. The third kappa shape index (κ3) is 4.02. The lowest BCUT2D eigenvalue weighted by Gasteiger charge is -2.38. The van der Waals surface area contributed by atoms with Crippen molar-refractivity contribution in [1.29, 1.82) is 0 Å². The van der Waals surface area contributed by atoms with Crippen LogP contribution in [0, 0.1) is 0 Å². The van der Waals surface area contributed by atoms with Crippen LogP contribution in [-0.4, -0.2) is 54.6 Å². The SMILES string of the molecule is CC1CN(C(C)C(=O)Nc2ccccc2N2CCCC2=O)CC(C)O1. The first kappa shape index (κ1) is 17.9. The van der Waals surface area contributed by atoms with Crippen molar-refractivity contribution in [2.24, 2.45) is 0 Å². The maximum Gasteiger partial charge on any atom is 0.241 e. The number of hydrogen-bond acceptors (Lipinski definition) is 4. The Morgan fingerprint density at radius 1 is 1.24 bits per heavy atom. The second-order valence-electron chi connectivity index (χ2n) is 7.04. The van der Waals surface area contributed by atoms with Crippen molar-refractivity contribution in [2.75, 3.05) is 29.9 Å². The number of ether oxygens (including phenoxy) is 1. The fraction of sp³-hybridized carbons (Fsp3) is 0.579. The molecule has 2 aliphatic heterocycles. The van der Waals surface area contributed by atoms with Gasteiger partial charge < -0.3 is 15.0 Å². The molecular weight excluding hydrogens is 318 g/mol. The summed E-state index contributed by atoms with van der Waals surface area (Å²) >= 11 is 0. The van der Waals surface area contributed by atoms with Gasteiger partial charge in [-0.3, -0.25) is 14.5 Å². The van der Waals surface area contributed by atoms with Gasteiger partial charge >= 0.3 is 0 Å². The number of morpholine rings is 1. The van der Waals surface area contributed by atoms with Gasteiger partial charge in [0.15, 0.2) is 0 Å². The van der Waals surface area contributed by atoms with Gasteiger partial charge in [0.1, 0.15) is 0 Å². The highest BCUT2D eigenvalue weighted by molar-refractivity contribution is 6.03. The average molecular weight is 345 g/mol. The average Bonchev–Trinajstić information content (AvgIpc) is 2.99. The number of nitrogens with one attached hydrogen (secondary N) is 1. The van der Waals surface area contributed by atoms with E-state index >= 15 is 0 Å². The molecule has 3 atom stereocenters. The minimum absolute atomic E-state index is 0.0552. The number of para-hydroxylation sites is 2. The van der Waals surface area contributed by atoms with Crippen molar-refractivity contribution in [3.05, 3.63) is 24.3 Å². The lowest BCUT2D eigenvalue weighted by molar-refractivity contribution is -0.127. The van der Waals surface area contributed by atoms with Gasteiger partial charge in [-0.1, -0.05) is 12.1 Å². The molecule has 6 nitrogen and oxygen atoms in total. The summed E-state index contributed by atoms with van der Waals surface area (Å²) in [4.78, 5) is 28.7. The molecule has 0 saturated carbocycles. The molecule has 1 aromatic rings. The number of carbonyl (C=O) groups excluding carboxylic acids is 2. The van der Waals surface area contributed by atoms with Crippen LogP contribution >= 0.6 is 0 Å². The maximum absolute atomic E-state index is 12.8. The highest BCUT2D eigenvalue weighted by atomic mass is 16.5. The van der Waals surface area contributed by atoms with E-state index in [9.17, 15) is 9.59 Å². The first-order valence-corrected chi connectivity index (χ1v) is 9.05. The molecule has 2 heterocycles. The predicted molar refractivity (Wildman–Crippen MR) is 97.7 cm³/mol. The Bertz CT molecular complexity index is 639. The second-order valence-corrected chi connectivity index (χ2v) is 7.04. The van der Waals surface area contributed by atoms with Crippen molar-refractivity contribution in [3.8, 4) is 0 Å². The smallest absolute Gasteiger partial charge is 0.241 e. The van der Waals surface area contributed by atoms with Gasteiger partial charge in [0, 0.05) is 26.1 Å². The Kier molecular flexibility index (Phi) is 5.39. The van der Waals surface area contributed by atoms with Gasteiger partial charge in [0.05, 0.1) is 29.6 Å². The van der Waals surface area contributed by atoms with Crippen LogP contribution in [0.5, 0.6) is 0 Å². The van der Waals surface area contributed by atoms with Crippen LogP contribution in [0.15, 0.2) is 24.3 Å². The molecular formula is C19H27N3O3. The normalized spacial score (nSPS) is 25.9. The van der Waals surface area contributed by atoms with E-state index in [1.807, 2.05) is 45.0 Å². The van der Waals surface area contributed by atoms with Crippen LogP contribution in [0.1, 0.15) is 33.6 Å². The third-order valence-corrected chi connectivity index (χ3v) is 4.90. The van der Waals surface area contributed by atoms with E-state index in [4.69, 9.17) is 4.74 Å². The van der Waals surface area contributed by atoms with E-state index in [0.29, 0.717) is 18.7 Å². The molecule has 0 radical (unpaired) electrons. The van der Waals surface area contributed by atoms with Crippen LogP contribution in [0.25, 0.3) is 0 Å². The number of nitrogens with zero attached hydrogens (tertiary/aromatic N) is 2. The van der Waals surface area contributed by atoms with Gasteiger partial charge in [0.2, 0.25) is 11.8 Å². The quantitative estimate of drug-likeness (QED) is 0.909. The summed E-state index contributed by atoms with van der Waals surface area (Å²) in [6.45, 7) is 8.17. The number of benzene rings is 1. The minimum atomic E-state index is -0.254. The molecule has 2 saturated heterocycles. The molecule has 2 aliphatic rings. The topological polar surface area (TPSA) is 61.9 Å². The van der Waals surface area contributed by atoms with Crippen molar-refractivity contribution >= 4 is 23.2 Å². The van der Waals surface area contributed by atoms with Crippen LogP contribution < -0.4 is 10.2 Å². The van der Waals surface area contributed by atoms with Crippen LogP contribution in [0.2, 0.25) is 0 Å². The fourth-order valence-corrected chi connectivity index (χ4v) is 3.65. The van der Waals surface area contributed by atoms with E-state index < -0.39 is 0 Å². The third-order valence-electron chi connectivity index (χ3n) is 4.90. The number of rotatable bonds is 4. The molecule has 2 amide bonds. The molecule has 3 unspecified atom stereocenters. The highest BCUT2D eigenvalue weighted by Crippen LogP contribution is 2.29. The number of anilines is 2. The van der Waals surface area contributed by atoms with Gasteiger partial charge in [0.25, 0.3) is 0 Å². The summed E-state index contributed by atoms with van der Waals surface area (Å²) in [7, 11) is 0. The molecule has 136 valence electrons. The van der Waals surface area contributed by atoms with Gasteiger partial charge in [-0.25, -0.2) is 0 Å². The van der Waals surface area contributed by atoms with E-state index in [-0.39, 0.29) is 30.1 Å². The lowest BCUT2D eigenvalue weighted by Crippen LogP contribution is -2.52. The van der Waals surface area contributed by atoms with Gasteiger partial charge in [-0.05, 0) is 39.3 Å². The molecule has 25 heavy (non-hydrogen) atoms. The standard InChI is InChI=1S/C19H27N3O3/c1-13-11-21(12-14(2)25-13)15(3)19(24)20-16-7-4-5-8-17(16)22-10-6-9-18(22)23/h4-5,7-8,13-15H,6,9-12H2,1-3H3,(H,20,24). The van der Waals surface area contributed by atoms with E-state index in [1.165, 1.54) is 0 Å². The monoisotopic (exact) mass is 345 g/mol. The molecule has 1 aromatic carbocycles. The summed E-state index contributed by atoms with van der Waals surface area (Å²) < 4.78 is 5.75. The summed E-state index contributed by atoms with van der Waals surface area (Å²) in [6, 6.07) is 7.27. The Labute approximate surface area is 149 Å². The molecule has 0 aromatic heterocycles. The van der Waals surface area contributed by atoms with E-state index in [1.54, 1.807) is 4.90 Å². The van der Waals surface area contributed by atoms with Crippen molar-refractivity contribution in [1.82, 2.24) is 4.90 Å². The minimum Gasteiger partial charge on any atom is -0.373 e. The van der Waals surface area contributed by atoms with Crippen LogP contribution in [0.3, 0.4) is 0 Å². The summed E-state index contributed by atoms with van der Waals surface area (Å²) in [5.74, 6) is 0.0611. The molecule has 6 heteroatoms. The molecule has 0 spiro atoms. The fourth-order valence-electron chi connectivity index (χ4n) is 3.65. The zero-order valence-electron chi connectivity index (χ0n) is 15.2. The first-order valence-electron chi connectivity index (χ1n) is 9.05. The number of hydrogen-bond donors (Lipinski definition) is 1. The van der Waals surface area contributed by atoms with Gasteiger partial charge in [-0.2, -0.15) is 0 Å². The Morgan fingerprint density at radius 2 is 1.92 bits per heavy atom. The summed E-state index contributed by atoms with van der Waals surface area (Å²) in [5, 5.41) is 3.02. The Hall–Kier alpha value is -1.92. The number of carbonyl (C=O) groups is 2. The van der Waals surface area contributed by atoms with E-state index in [2.05, 4.69) is 10.2 Å². The predicted octanol–water partition coefficient (Wildman–Crippen LogP) is 2.25. The van der Waals surface area contributed by atoms with Crippen molar-refractivity contribution in [3.63, 3.8) is 0 Å². The van der Waals surface area contributed by atoms with Crippen LogP contribution in [-0.2, 0) is 14.3 Å². The lowest BCUT2D eigenvalue weighted by atomic mass is 10.1.